The molecule has 3 aromatic rings. The zero-order valence-corrected chi connectivity index (χ0v) is 12.0. The van der Waals surface area contributed by atoms with Gasteiger partial charge in [0.05, 0.1) is 5.52 Å². The Kier molecular flexibility index (Phi) is 3.67. The molecule has 2 N–H and O–H groups in total. The quantitative estimate of drug-likeness (QED) is 0.793. The van der Waals surface area contributed by atoms with Crippen LogP contribution in [0.3, 0.4) is 0 Å². The average Bonchev–Trinajstić information content (AvgIpc) is 2.98. The van der Waals surface area contributed by atoms with Crippen molar-refractivity contribution in [3.05, 3.63) is 58.9 Å². The summed E-state index contributed by atoms with van der Waals surface area (Å²) in [5.74, 6) is 0.798. The van der Waals surface area contributed by atoms with Gasteiger partial charge >= 0.3 is 0 Å². The Morgan fingerprint density at radius 3 is 2.85 bits per heavy atom. The zero-order chi connectivity index (χ0) is 13.9. The van der Waals surface area contributed by atoms with Crippen molar-refractivity contribution in [3.63, 3.8) is 0 Å². The van der Waals surface area contributed by atoms with Crippen LogP contribution < -0.4 is 10.5 Å². The predicted octanol–water partition coefficient (Wildman–Crippen LogP) is 3.76. The summed E-state index contributed by atoms with van der Waals surface area (Å²) in [6, 6.07) is 13.9. The van der Waals surface area contributed by atoms with E-state index in [4.69, 9.17) is 10.5 Å². The van der Waals surface area contributed by atoms with Crippen LogP contribution in [0, 0.1) is 0 Å². The fourth-order valence-electron chi connectivity index (χ4n) is 2.14. The van der Waals surface area contributed by atoms with Gasteiger partial charge in [-0.05, 0) is 36.6 Å². The van der Waals surface area contributed by atoms with Crippen LogP contribution in [-0.2, 0) is 0 Å². The Morgan fingerprint density at radius 2 is 2.10 bits per heavy atom. The summed E-state index contributed by atoms with van der Waals surface area (Å²) in [5, 5.41) is 3.14. The van der Waals surface area contributed by atoms with Gasteiger partial charge in [0.1, 0.15) is 11.9 Å². The molecule has 0 aliphatic heterocycles. The Bertz CT molecular complexity index is 695. The minimum atomic E-state index is -0.129. The van der Waals surface area contributed by atoms with E-state index < -0.39 is 0 Å². The second-order valence-corrected chi connectivity index (χ2v) is 5.75. The lowest BCUT2D eigenvalue weighted by molar-refractivity contribution is 0.184. The highest BCUT2D eigenvalue weighted by Crippen LogP contribution is 2.28. The number of fused-ring (bicyclic) bond motifs is 1. The summed E-state index contributed by atoms with van der Waals surface area (Å²) in [5.41, 5.74) is 6.98. The van der Waals surface area contributed by atoms with Crippen LogP contribution in [0.2, 0.25) is 0 Å². The van der Waals surface area contributed by atoms with Gasteiger partial charge in [0.2, 0.25) is 0 Å². The first-order chi connectivity index (χ1) is 9.74. The van der Waals surface area contributed by atoms with Crippen LogP contribution >= 0.6 is 11.3 Å². The third-order valence-electron chi connectivity index (χ3n) is 3.14. The third kappa shape index (κ3) is 2.66. The molecule has 0 amide bonds. The molecule has 0 saturated heterocycles. The van der Waals surface area contributed by atoms with E-state index in [1.165, 1.54) is 0 Å². The fourth-order valence-corrected chi connectivity index (χ4v) is 3.01. The minimum Gasteiger partial charge on any atom is -0.483 e. The molecule has 2 unspecified atom stereocenters. The number of nitrogens with zero attached hydrogens (tertiary/aromatic N) is 1. The van der Waals surface area contributed by atoms with E-state index in [1.54, 1.807) is 17.5 Å². The van der Waals surface area contributed by atoms with Gasteiger partial charge in [-0.3, -0.25) is 4.98 Å². The molecular weight excluding hydrogens is 268 g/mol. The monoisotopic (exact) mass is 284 g/mol. The second-order valence-electron chi connectivity index (χ2n) is 4.77. The van der Waals surface area contributed by atoms with Crippen molar-refractivity contribution < 1.29 is 4.74 Å². The van der Waals surface area contributed by atoms with Crippen molar-refractivity contribution in [2.75, 3.05) is 0 Å². The summed E-state index contributed by atoms with van der Waals surface area (Å²) >= 11 is 1.66. The van der Waals surface area contributed by atoms with Crippen LogP contribution in [0.4, 0.5) is 0 Å². The van der Waals surface area contributed by atoms with Crippen LogP contribution in [0.5, 0.6) is 5.75 Å². The maximum absolute atomic E-state index is 6.07. The van der Waals surface area contributed by atoms with E-state index in [0.717, 1.165) is 21.5 Å². The number of thiophene rings is 1. The summed E-state index contributed by atoms with van der Waals surface area (Å²) < 4.78 is 6.07. The van der Waals surface area contributed by atoms with Gasteiger partial charge in [-0.15, -0.1) is 11.3 Å². The molecule has 0 fully saturated rings. The molecule has 1 aromatic carbocycles. The van der Waals surface area contributed by atoms with Crippen LogP contribution in [0.1, 0.15) is 17.9 Å². The summed E-state index contributed by atoms with van der Waals surface area (Å²) in [6.45, 7) is 1.96. The van der Waals surface area contributed by atoms with Crippen molar-refractivity contribution in [2.45, 2.75) is 19.1 Å². The molecule has 0 aliphatic rings. The molecule has 2 heterocycles. The van der Waals surface area contributed by atoms with Crippen molar-refractivity contribution in [1.29, 1.82) is 0 Å². The van der Waals surface area contributed by atoms with E-state index in [2.05, 4.69) is 11.1 Å². The largest absolute Gasteiger partial charge is 0.483 e. The molecule has 102 valence electrons. The smallest absolute Gasteiger partial charge is 0.148 e. The molecule has 2 atom stereocenters. The lowest BCUT2D eigenvalue weighted by Crippen LogP contribution is -2.28. The number of nitrogens with two attached hydrogens (primary N) is 1. The van der Waals surface area contributed by atoms with Crippen LogP contribution in [0.15, 0.2) is 54.0 Å². The van der Waals surface area contributed by atoms with Crippen molar-refractivity contribution in [3.8, 4) is 5.75 Å². The molecule has 20 heavy (non-hydrogen) atoms. The topological polar surface area (TPSA) is 48.1 Å². The number of hydrogen-bond donors (Lipinski definition) is 1. The van der Waals surface area contributed by atoms with Crippen LogP contribution in [0.25, 0.3) is 10.9 Å². The van der Waals surface area contributed by atoms with Crippen molar-refractivity contribution in [2.24, 2.45) is 5.73 Å². The molecule has 3 rings (SSSR count). The molecule has 2 aromatic heterocycles. The maximum atomic E-state index is 6.07. The minimum absolute atomic E-state index is 0.0759. The molecule has 0 spiro atoms. The Balaban J connectivity index is 1.90. The summed E-state index contributed by atoms with van der Waals surface area (Å²) in [7, 11) is 0. The molecule has 0 bridgehead atoms. The highest BCUT2D eigenvalue weighted by Gasteiger charge is 2.19. The second kappa shape index (κ2) is 5.61. The van der Waals surface area contributed by atoms with Crippen molar-refractivity contribution >= 4 is 22.2 Å². The van der Waals surface area contributed by atoms with Gasteiger partial charge in [-0.1, -0.05) is 12.1 Å². The first-order valence-electron chi connectivity index (χ1n) is 6.54. The van der Waals surface area contributed by atoms with Gasteiger partial charge in [-0.25, -0.2) is 0 Å². The first-order valence-corrected chi connectivity index (χ1v) is 7.42. The number of rotatable bonds is 4. The van der Waals surface area contributed by atoms with Gasteiger partial charge < -0.3 is 10.5 Å². The number of aromatic nitrogens is 1. The summed E-state index contributed by atoms with van der Waals surface area (Å²) in [6.07, 6.45) is 1.66. The lowest BCUT2D eigenvalue weighted by atomic mass is 10.1. The Labute approximate surface area is 122 Å². The lowest BCUT2D eigenvalue weighted by Gasteiger charge is -2.21. The van der Waals surface area contributed by atoms with E-state index >= 15 is 0 Å². The van der Waals surface area contributed by atoms with Crippen LogP contribution in [-0.4, -0.2) is 11.0 Å². The van der Waals surface area contributed by atoms with E-state index in [-0.39, 0.29) is 12.1 Å². The SMILES string of the molecule is CC(N)C(Oc1ccc2cccnc2c1)c1cccs1. The van der Waals surface area contributed by atoms with Gasteiger partial charge in [0.25, 0.3) is 0 Å². The molecule has 0 aliphatic carbocycles. The Morgan fingerprint density at radius 1 is 1.20 bits per heavy atom. The number of ether oxygens (including phenoxy) is 1. The molecule has 0 radical (unpaired) electrons. The Hall–Kier alpha value is -1.91. The van der Waals surface area contributed by atoms with Gasteiger partial charge in [0, 0.05) is 28.6 Å². The van der Waals surface area contributed by atoms with Gasteiger partial charge in [0.15, 0.2) is 0 Å². The normalized spacial score (nSPS) is 14.1. The highest BCUT2D eigenvalue weighted by molar-refractivity contribution is 7.10. The number of benzene rings is 1. The molecule has 3 nitrogen and oxygen atoms in total. The zero-order valence-electron chi connectivity index (χ0n) is 11.2. The van der Waals surface area contributed by atoms with E-state index in [9.17, 15) is 0 Å². The fraction of sp³-hybridized carbons (Fsp3) is 0.188. The average molecular weight is 284 g/mol. The molecular formula is C16H16N2OS. The number of pyridine rings is 1. The maximum Gasteiger partial charge on any atom is 0.148 e. The first kappa shape index (κ1) is 13.1. The predicted molar refractivity (Wildman–Crippen MR) is 83.1 cm³/mol. The summed E-state index contributed by atoms with van der Waals surface area (Å²) in [4.78, 5) is 5.49. The van der Waals surface area contributed by atoms with E-state index in [0.29, 0.717) is 0 Å². The van der Waals surface area contributed by atoms with Crippen molar-refractivity contribution in [1.82, 2.24) is 4.98 Å². The van der Waals surface area contributed by atoms with E-state index in [1.807, 2.05) is 48.7 Å². The van der Waals surface area contributed by atoms with Gasteiger partial charge in [-0.2, -0.15) is 0 Å². The third-order valence-corrected chi connectivity index (χ3v) is 4.08. The standard InChI is InChI=1S/C16H16N2OS/c1-11(17)16(15-5-3-9-20-15)19-13-7-6-12-4-2-8-18-14(12)10-13/h2-11,16H,17H2,1H3. The highest BCUT2D eigenvalue weighted by atomic mass is 32.1. The number of hydrogen-bond acceptors (Lipinski definition) is 4. The molecule has 4 heteroatoms. The molecule has 0 saturated carbocycles.